The van der Waals surface area contributed by atoms with E-state index in [0.717, 1.165) is 24.1 Å². The van der Waals surface area contributed by atoms with Gasteiger partial charge in [0.05, 0.1) is 0 Å². The highest BCUT2D eigenvalue weighted by Crippen LogP contribution is 2.30. The molecule has 2 aromatic rings. The number of carbonyl (C=O) groups is 2. The van der Waals surface area contributed by atoms with Gasteiger partial charge in [-0.25, -0.2) is 0 Å². The van der Waals surface area contributed by atoms with E-state index < -0.39 is 0 Å². The first-order valence-corrected chi connectivity index (χ1v) is 8.13. The highest BCUT2D eigenvalue weighted by Gasteiger charge is 2.29. The second-order valence-electron chi connectivity index (χ2n) is 5.72. The lowest BCUT2D eigenvalue weighted by Crippen LogP contribution is -2.13. The number of benzene rings is 2. The van der Waals surface area contributed by atoms with E-state index in [0.29, 0.717) is 10.7 Å². The fourth-order valence-electron chi connectivity index (χ4n) is 2.19. The van der Waals surface area contributed by atoms with Gasteiger partial charge in [0, 0.05) is 28.4 Å². The zero-order valence-electron chi connectivity index (χ0n) is 13.0. The highest BCUT2D eigenvalue weighted by molar-refractivity contribution is 6.30. The molecule has 2 N–H and O–H groups in total. The molecular formula is C19H17ClN2O2. The molecule has 0 spiro atoms. The monoisotopic (exact) mass is 340 g/mol. The Balaban J connectivity index is 1.55. The van der Waals surface area contributed by atoms with Gasteiger partial charge < -0.3 is 10.6 Å². The van der Waals surface area contributed by atoms with Crippen LogP contribution >= 0.6 is 11.6 Å². The first-order valence-electron chi connectivity index (χ1n) is 7.76. The van der Waals surface area contributed by atoms with E-state index >= 15 is 0 Å². The summed E-state index contributed by atoms with van der Waals surface area (Å²) in [5.74, 6) is 0.00184. The molecule has 1 fully saturated rings. The number of rotatable bonds is 5. The summed E-state index contributed by atoms with van der Waals surface area (Å²) < 4.78 is 0. The summed E-state index contributed by atoms with van der Waals surface area (Å²) >= 11 is 5.90. The van der Waals surface area contributed by atoms with Crippen molar-refractivity contribution in [2.45, 2.75) is 12.8 Å². The molecule has 0 heterocycles. The lowest BCUT2D eigenvalue weighted by atomic mass is 10.2. The van der Waals surface area contributed by atoms with Gasteiger partial charge in [-0.3, -0.25) is 9.59 Å². The fourth-order valence-corrected chi connectivity index (χ4v) is 2.39. The van der Waals surface area contributed by atoms with E-state index in [1.165, 1.54) is 6.08 Å². The zero-order valence-corrected chi connectivity index (χ0v) is 13.7. The minimum Gasteiger partial charge on any atom is -0.326 e. The summed E-state index contributed by atoms with van der Waals surface area (Å²) in [6, 6.07) is 14.3. The molecule has 2 aromatic carbocycles. The SMILES string of the molecule is O=C(/C=C/c1cccc(Cl)c1)Nc1ccc(NC(=O)C2CC2)cc1. The molecule has 5 heteroatoms. The van der Waals surface area contributed by atoms with Crippen LogP contribution in [0.15, 0.2) is 54.6 Å². The van der Waals surface area contributed by atoms with Crippen LogP contribution in [0.1, 0.15) is 18.4 Å². The van der Waals surface area contributed by atoms with Crippen LogP contribution in [0, 0.1) is 5.92 Å². The normalized spacial score (nSPS) is 13.7. The minimum atomic E-state index is -0.232. The number of anilines is 2. The summed E-state index contributed by atoms with van der Waals surface area (Å²) in [6.07, 6.45) is 5.09. The minimum absolute atomic E-state index is 0.0660. The van der Waals surface area contributed by atoms with Gasteiger partial charge in [-0.05, 0) is 60.9 Å². The van der Waals surface area contributed by atoms with Crippen molar-refractivity contribution in [3.8, 4) is 0 Å². The van der Waals surface area contributed by atoms with Gasteiger partial charge in [-0.2, -0.15) is 0 Å². The van der Waals surface area contributed by atoms with Gasteiger partial charge >= 0.3 is 0 Å². The zero-order chi connectivity index (χ0) is 16.9. The van der Waals surface area contributed by atoms with Crippen molar-refractivity contribution in [3.63, 3.8) is 0 Å². The Bertz CT molecular complexity index is 780. The van der Waals surface area contributed by atoms with Crippen molar-refractivity contribution in [3.05, 3.63) is 65.2 Å². The smallest absolute Gasteiger partial charge is 0.248 e. The van der Waals surface area contributed by atoms with E-state index in [1.807, 2.05) is 12.1 Å². The lowest BCUT2D eigenvalue weighted by molar-refractivity contribution is -0.117. The summed E-state index contributed by atoms with van der Waals surface area (Å²) in [4.78, 5) is 23.6. The molecule has 122 valence electrons. The van der Waals surface area contributed by atoms with Crippen molar-refractivity contribution in [1.82, 2.24) is 0 Å². The third-order valence-corrected chi connectivity index (χ3v) is 3.88. The van der Waals surface area contributed by atoms with Crippen LogP contribution in [0.3, 0.4) is 0 Å². The molecule has 3 rings (SSSR count). The molecular weight excluding hydrogens is 324 g/mol. The van der Waals surface area contributed by atoms with E-state index in [2.05, 4.69) is 10.6 Å². The largest absolute Gasteiger partial charge is 0.326 e. The Kier molecular flexibility index (Phi) is 4.96. The average Bonchev–Trinajstić information content (AvgIpc) is 3.40. The molecule has 4 nitrogen and oxygen atoms in total. The standard InChI is InChI=1S/C19H17ClN2O2/c20-15-3-1-2-13(12-15)4-11-18(23)21-16-7-9-17(10-8-16)22-19(24)14-5-6-14/h1-4,7-12,14H,5-6H2,(H,21,23)(H,22,24)/b11-4+. The maximum atomic E-state index is 11.9. The van der Waals surface area contributed by atoms with Crippen molar-refractivity contribution >= 4 is 40.9 Å². The Morgan fingerprint density at radius 1 is 1.00 bits per heavy atom. The number of hydrogen-bond acceptors (Lipinski definition) is 2. The van der Waals surface area contributed by atoms with Gasteiger partial charge in [0.15, 0.2) is 0 Å². The van der Waals surface area contributed by atoms with Crippen molar-refractivity contribution in [1.29, 1.82) is 0 Å². The summed E-state index contributed by atoms with van der Waals surface area (Å²) in [7, 11) is 0. The molecule has 1 saturated carbocycles. The van der Waals surface area contributed by atoms with E-state index in [4.69, 9.17) is 11.6 Å². The Hall–Kier alpha value is -2.59. The molecule has 0 saturated heterocycles. The molecule has 2 amide bonds. The van der Waals surface area contributed by atoms with Crippen LogP contribution in [0.25, 0.3) is 6.08 Å². The predicted molar refractivity (Wildman–Crippen MR) is 96.9 cm³/mol. The first-order chi connectivity index (χ1) is 11.6. The maximum Gasteiger partial charge on any atom is 0.248 e. The second kappa shape index (κ2) is 7.32. The van der Waals surface area contributed by atoms with Gasteiger partial charge in [0.25, 0.3) is 0 Å². The molecule has 0 bridgehead atoms. The molecule has 24 heavy (non-hydrogen) atoms. The van der Waals surface area contributed by atoms with Crippen LogP contribution in [0.5, 0.6) is 0 Å². The Morgan fingerprint density at radius 3 is 2.29 bits per heavy atom. The van der Waals surface area contributed by atoms with Gasteiger partial charge in [0.1, 0.15) is 0 Å². The van der Waals surface area contributed by atoms with Crippen LogP contribution in [-0.2, 0) is 9.59 Å². The van der Waals surface area contributed by atoms with Gasteiger partial charge in [-0.15, -0.1) is 0 Å². The highest BCUT2D eigenvalue weighted by atomic mass is 35.5. The molecule has 1 aliphatic carbocycles. The van der Waals surface area contributed by atoms with Crippen LogP contribution < -0.4 is 10.6 Å². The molecule has 0 unspecified atom stereocenters. The number of carbonyl (C=O) groups excluding carboxylic acids is 2. The predicted octanol–water partition coefficient (Wildman–Crippen LogP) is 4.34. The fraction of sp³-hybridized carbons (Fsp3) is 0.158. The van der Waals surface area contributed by atoms with Crippen molar-refractivity contribution in [2.24, 2.45) is 5.92 Å². The average molecular weight is 341 g/mol. The number of hydrogen-bond donors (Lipinski definition) is 2. The van der Waals surface area contributed by atoms with Crippen molar-refractivity contribution < 1.29 is 9.59 Å². The van der Waals surface area contributed by atoms with Crippen LogP contribution in [-0.4, -0.2) is 11.8 Å². The lowest BCUT2D eigenvalue weighted by Gasteiger charge is -2.06. The summed E-state index contributed by atoms with van der Waals surface area (Å²) in [5, 5.41) is 6.26. The third kappa shape index (κ3) is 4.70. The number of amides is 2. The van der Waals surface area contributed by atoms with Crippen LogP contribution in [0.4, 0.5) is 11.4 Å². The van der Waals surface area contributed by atoms with Crippen LogP contribution in [0.2, 0.25) is 5.02 Å². The third-order valence-electron chi connectivity index (χ3n) is 3.64. The van der Waals surface area contributed by atoms with E-state index in [9.17, 15) is 9.59 Å². The van der Waals surface area contributed by atoms with Gasteiger partial charge in [-0.1, -0.05) is 23.7 Å². The van der Waals surface area contributed by atoms with E-state index in [1.54, 1.807) is 42.5 Å². The molecule has 0 radical (unpaired) electrons. The summed E-state index contributed by atoms with van der Waals surface area (Å²) in [6.45, 7) is 0. The Labute approximate surface area is 145 Å². The quantitative estimate of drug-likeness (QED) is 0.795. The number of halogens is 1. The molecule has 0 atom stereocenters. The van der Waals surface area contributed by atoms with Gasteiger partial charge in [0.2, 0.25) is 11.8 Å². The second-order valence-corrected chi connectivity index (χ2v) is 6.15. The summed E-state index contributed by atoms with van der Waals surface area (Å²) in [5.41, 5.74) is 2.26. The maximum absolute atomic E-state index is 11.9. The van der Waals surface area contributed by atoms with E-state index in [-0.39, 0.29) is 17.7 Å². The Morgan fingerprint density at radius 2 is 1.67 bits per heavy atom. The topological polar surface area (TPSA) is 58.2 Å². The molecule has 1 aliphatic rings. The number of nitrogens with one attached hydrogen (secondary N) is 2. The van der Waals surface area contributed by atoms with Crippen molar-refractivity contribution in [2.75, 3.05) is 10.6 Å². The molecule has 0 aromatic heterocycles. The molecule has 0 aliphatic heterocycles. The first kappa shape index (κ1) is 16.3.